The van der Waals surface area contributed by atoms with Crippen molar-refractivity contribution < 1.29 is 23.8 Å². The number of nitrogens with one attached hydrogen (secondary N) is 1. The Morgan fingerprint density at radius 1 is 1.31 bits per heavy atom. The third kappa shape index (κ3) is 4.11. The lowest BCUT2D eigenvalue weighted by Gasteiger charge is -2.36. The molecule has 3 rings (SSSR count). The first-order valence-electron chi connectivity index (χ1n) is 8.41. The predicted molar refractivity (Wildman–Crippen MR) is 93.7 cm³/mol. The van der Waals surface area contributed by atoms with E-state index < -0.39 is 11.9 Å². The van der Waals surface area contributed by atoms with Crippen LogP contribution in [0.1, 0.15) is 31.6 Å². The molecule has 1 aromatic carbocycles. The first-order chi connectivity index (χ1) is 12.5. The number of amides is 1. The fourth-order valence-electron chi connectivity index (χ4n) is 2.99. The summed E-state index contributed by atoms with van der Waals surface area (Å²) in [6.45, 7) is 1.91. The second-order valence-corrected chi connectivity index (χ2v) is 6.34. The molecule has 1 atom stereocenters. The fraction of sp³-hybridized carbons (Fsp3) is 0.368. The van der Waals surface area contributed by atoms with E-state index in [0.29, 0.717) is 12.8 Å². The Hall–Kier alpha value is -2.67. The number of rotatable bonds is 6. The van der Waals surface area contributed by atoms with Crippen molar-refractivity contribution in [2.75, 3.05) is 7.11 Å². The van der Waals surface area contributed by atoms with Crippen molar-refractivity contribution >= 4 is 6.09 Å². The molecule has 1 heterocycles. The number of halogens is 1. The fourth-order valence-corrected chi connectivity index (χ4v) is 2.99. The van der Waals surface area contributed by atoms with Gasteiger partial charge < -0.3 is 19.9 Å². The van der Waals surface area contributed by atoms with Crippen LogP contribution >= 0.6 is 0 Å². The summed E-state index contributed by atoms with van der Waals surface area (Å²) in [5, 5.41) is 11.1. The zero-order chi connectivity index (χ0) is 18.7. The number of nitrogens with zero attached hydrogens (tertiary/aromatic N) is 1. The van der Waals surface area contributed by atoms with Gasteiger partial charge in [0, 0.05) is 17.8 Å². The summed E-state index contributed by atoms with van der Waals surface area (Å²) in [4.78, 5) is 15.0. The van der Waals surface area contributed by atoms with Gasteiger partial charge in [-0.1, -0.05) is 12.1 Å². The molecule has 0 bridgehead atoms. The Kier molecular flexibility index (Phi) is 5.37. The number of hydrogen-bond acceptors (Lipinski definition) is 4. The van der Waals surface area contributed by atoms with Crippen molar-refractivity contribution in [2.45, 2.75) is 38.0 Å². The van der Waals surface area contributed by atoms with E-state index in [-0.39, 0.29) is 24.0 Å². The highest BCUT2D eigenvalue weighted by Crippen LogP contribution is 2.30. The van der Waals surface area contributed by atoms with Crippen molar-refractivity contribution in [2.24, 2.45) is 0 Å². The summed E-state index contributed by atoms with van der Waals surface area (Å²) < 4.78 is 24.7. The summed E-state index contributed by atoms with van der Waals surface area (Å²) in [5.74, 6) is -0.211. The summed E-state index contributed by atoms with van der Waals surface area (Å²) in [6, 6.07) is 8.47. The third-order valence-electron chi connectivity index (χ3n) is 4.51. The van der Waals surface area contributed by atoms with E-state index in [0.717, 1.165) is 16.8 Å². The maximum absolute atomic E-state index is 13.8. The molecule has 1 unspecified atom stereocenters. The molecule has 1 amide bonds. The average molecular weight is 360 g/mol. The smallest absolute Gasteiger partial charge is 0.404 e. The van der Waals surface area contributed by atoms with Gasteiger partial charge in [0.15, 0.2) is 11.6 Å². The van der Waals surface area contributed by atoms with Crippen LogP contribution in [-0.4, -0.2) is 35.4 Å². The molecule has 0 spiro atoms. The zero-order valence-electron chi connectivity index (χ0n) is 14.6. The van der Waals surface area contributed by atoms with Crippen LogP contribution in [0.3, 0.4) is 0 Å². The highest BCUT2D eigenvalue weighted by atomic mass is 19.1. The Morgan fingerprint density at radius 3 is 2.62 bits per heavy atom. The van der Waals surface area contributed by atoms with E-state index in [9.17, 15) is 9.18 Å². The molecule has 1 saturated carbocycles. The van der Waals surface area contributed by atoms with E-state index in [1.54, 1.807) is 18.3 Å². The molecule has 2 N–H and O–H groups in total. The third-order valence-corrected chi connectivity index (χ3v) is 4.51. The minimum absolute atomic E-state index is 0.0269. The van der Waals surface area contributed by atoms with Gasteiger partial charge in [0.25, 0.3) is 0 Å². The summed E-state index contributed by atoms with van der Waals surface area (Å²) >= 11 is 0. The second-order valence-electron chi connectivity index (χ2n) is 6.34. The van der Waals surface area contributed by atoms with Gasteiger partial charge in [0.1, 0.15) is 0 Å². The van der Waals surface area contributed by atoms with Crippen LogP contribution in [0.5, 0.6) is 5.75 Å². The van der Waals surface area contributed by atoms with Crippen molar-refractivity contribution in [1.82, 2.24) is 10.3 Å². The SMILES string of the molecule is COc1ccc(-c2ccc(C(C)O[C@H]3C[C@@H](NC(=O)O)C3)nc2)cc1F. The van der Waals surface area contributed by atoms with Gasteiger partial charge in [-0.3, -0.25) is 4.98 Å². The topological polar surface area (TPSA) is 80.7 Å². The van der Waals surface area contributed by atoms with Crippen LogP contribution in [0.25, 0.3) is 11.1 Å². The van der Waals surface area contributed by atoms with E-state index in [2.05, 4.69) is 10.3 Å². The number of ether oxygens (including phenoxy) is 2. The molecule has 1 aliphatic carbocycles. The number of carboxylic acid groups (broad SMARTS) is 1. The Balaban J connectivity index is 1.59. The van der Waals surface area contributed by atoms with Crippen LogP contribution in [-0.2, 0) is 4.74 Å². The molecule has 6 nitrogen and oxygen atoms in total. The number of hydrogen-bond donors (Lipinski definition) is 2. The molecule has 1 fully saturated rings. The predicted octanol–water partition coefficient (Wildman–Crippen LogP) is 3.77. The Bertz CT molecular complexity index is 776. The summed E-state index contributed by atoms with van der Waals surface area (Å²) in [5.41, 5.74) is 2.30. The summed E-state index contributed by atoms with van der Waals surface area (Å²) in [6.07, 6.45) is 1.84. The molecule has 7 heteroatoms. The van der Waals surface area contributed by atoms with Crippen molar-refractivity contribution in [3.63, 3.8) is 0 Å². The van der Waals surface area contributed by atoms with Crippen molar-refractivity contribution in [3.8, 4) is 16.9 Å². The lowest BCUT2D eigenvalue weighted by Crippen LogP contribution is -2.47. The van der Waals surface area contributed by atoms with E-state index in [1.165, 1.54) is 13.2 Å². The molecular formula is C19H21FN2O4. The molecule has 1 aliphatic rings. The van der Waals surface area contributed by atoms with Gasteiger partial charge >= 0.3 is 6.09 Å². The maximum Gasteiger partial charge on any atom is 0.404 e. The highest BCUT2D eigenvalue weighted by Gasteiger charge is 2.32. The molecule has 138 valence electrons. The van der Waals surface area contributed by atoms with Gasteiger partial charge in [0.05, 0.1) is 25.0 Å². The first-order valence-corrected chi connectivity index (χ1v) is 8.41. The Morgan fingerprint density at radius 2 is 2.04 bits per heavy atom. The minimum Gasteiger partial charge on any atom is -0.494 e. The first kappa shape index (κ1) is 18.1. The largest absolute Gasteiger partial charge is 0.494 e. The van der Waals surface area contributed by atoms with E-state index in [4.69, 9.17) is 14.6 Å². The van der Waals surface area contributed by atoms with Gasteiger partial charge in [0.2, 0.25) is 0 Å². The molecule has 0 aliphatic heterocycles. The lowest BCUT2D eigenvalue weighted by atomic mass is 9.89. The molecular weight excluding hydrogens is 339 g/mol. The van der Waals surface area contributed by atoms with Crippen LogP contribution in [0.4, 0.5) is 9.18 Å². The molecule has 26 heavy (non-hydrogen) atoms. The highest BCUT2D eigenvalue weighted by molar-refractivity contribution is 5.65. The molecule has 2 aromatic rings. The maximum atomic E-state index is 13.8. The van der Waals surface area contributed by atoms with Crippen molar-refractivity contribution in [1.29, 1.82) is 0 Å². The van der Waals surface area contributed by atoms with Gasteiger partial charge in [-0.2, -0.15) is 0 Å². The molecule has 0 saturated heterocycles. The second kappa shape index (κ2) is 7.70. The number of carbonyl (C=O) groups is 1. The van der Waals surface area contributed by atoms with Gasteiger partial charge in [-0.15, -0.1) is 0 Å². The van der Waals surface area contributed by atoms with Crippen molar-refractivity contribution in [3.05, 3.63) is 48.0 Å². The monoisotopic (exact) mass is 360 g/mol. The lowest BCUT2D eigenvalue weighted by molar-refractivity contribution is -0.0590. The number of aromatic nitrogens is 1. The van der Waals surface area contributed by atoms with Crippen LogP contribution in [0, 0.1) is 5.82 Å². The van der Waals surface area contributed by atoms with Crippen LogP contribution in [0.2, 0.25) is 0 Å². The minimum atomic E-state index is -1.01. The zero-order valence-corrected chi connectivity index (χ0v) is 14.6. The quantitative estimate of drug-likeness (QED) is 0.820. The molecule has 0 radical (unpaired) electrons. The molecule has 1 aromatic heterocycles. The van der Waals surface area contributed by atoms with Crippen LogP contribution in [0.15, 0.2) is 36.5 Å². The summed E-state index contributed by atoms with van der Waals surface area (Å²) in [7, 11) is 1.43. The Labute approximate surface area is 151 Å². The number of methoxy groups -OCH3 is 1. The van der Waals surface area contributed by atoms with Gasteiger partial charge in [-0.25, -0.2) is 9.18 Å². The van der Waals surface area contributed by atoms with Crippen LogP contribution < -0.4 is 10.1 Å². The van der Waals surface area contributed by atoms with Gasteiger partial charge in [-0.05, 0) is 43.5 Å². The number of pyridine rings is 1. The number of benzene rings is 1. The average Bonchev–Trinajstić information content (AvgIpc) is 2.59. The normalized spacial score (nSPS) is 20.1. The van der Waals surface area contributed by atoms with E-state index in [1.807, 2.05) is 19.1 Å². The van der Waals surface area contributed by atoms with E-state index >= 15 is 0 Å². The standard InChI is InChI=1S/C19H21FN2O4/c1-11(26-15-8-14(9-15)22-19(23)24)17-5-3-13(10-21-17)12-4-6-18(25-2)16(20)7-12/h3-7,10-11,14-15,22H,8-9H2,1-2H3,(H,23,24)/t11?,14-,15+.